The van der Waals surface area contributed by atoms with E-state index in [0.717, 1.165) is 31.1 Å². The minimum absolute atomic E-state index is 0.0371. The zero-order valence-corrected chi connectivity index (χ0v) is 30.0. The van der Waals surface area contributed by atoms with Gasteiger partial charge >= 0.3 is 0 Å². The second-order valence-electron chi connectivity index (χ2n) is 15.3. The molecule has 0 N–H and O–H groups in total. The molecule has 1 aliphatic heterocycles. The monoisotopic (exact) mass is 600 g/mol. The average Bonchev–Trinajstić information content (AvgIpc) is 2.77. The van der Waals surface area contributed by atoms with E-state index in [0.29, 0.717) is 32.4 Å². The van der Waals surface area contributed by atoms with E-state index >= 15 is 4.39 Å². The molecule has 0 bridgehead atoms. The second kappa shape index (κ2) is 13.4. The van der Waals surface area contributed by atoms with Crippen molar-refractivity contribution in [1.82, 2.24) is 9.97 Å². The third-order valence-electron chi connectivity index (χ3n) is 7.80. The van der Waals surface area contributed by atoms with Crippen LogP contribution in [0.15, 0.2) is 12.3 Å². The van der Waals surface area contributed by atoms with Crippen molar-refractivity contribution in [1.29, 1.82) is 0 Å². The number of nitrogens with zero attached hydrogens (tertiary/aromatic N) is 4. The number of rotatable bonds is 14. The lowest BCUT2D eigenvalue weighted by molar-refractivity contribution is -0.000107. The first-order valence-corrected chi connectivity index (χ1v) is 24.9. The zero-order chi connectivity index (χ0) is 29.7. The molecule has 0 radical (unpaired) electrons. The SMILES string of the molecule is CC(C)(C)[Si](C)(C)O[C@@H]1CCN(c2nccc(N(COCC[Si](C)(C)C)COCC[Si](C)(C)C)n2)C[C@]1(C)F. The highest BCUT2D eigenvalue weighted by atomic mass is 28.4. The molecule has 0 unspecified atom stereocenters. The van der Waals surface area contributed by atoms with Gasteiger partial charge in [-0.3, -0.25) is 0 Å². The van der Waals surface area contributed by atoms with Crippen LogP contribution in [0.25, 0.3) is 0 Å². The molecule has 1 saturated heterocycles. The molecular formula is C28H57FN4O3Si3. The molecule has 11 heteroatoms. The number of ether oxygens (including phenoxy) is 2. The first kappa shape index (κ1) is 34.3. The van der Waals surface area contributed by atoms with Gasteiger partial charge in [0.05, 0.1) is 12.6 Å². The number of hydrogen-bond donors (Lipinski definition) is 0. The lowest BCUT2D eigenvalue weighted by atomic mass is 9.94. The second-order valence-corrected chi connectivity index (χ2v) is 31.3. The molecule has 1 aromatic rings. The Morgan fingerprint density at radius 3 is 2.00 bits per heavy atom. The van der Waals surface area contributed by atoms with Crippen molar-refractivity contribution in [2.24, 2.45) is 0 Å². The molecule has 0 saturated carbocycles. The van der Waals surface area contributed by atoms with E-state index in [1.165, 1.54) is 0 Å². The average molecular weight is 601 g/mol. The Labute approximate surface area is 241 Å². The summed E-state index contributed by atoms with van der Waals surface area (Å²) in [6.45, 7) is 29.8. The van der Waals surface area contributed by atoms with Crippen molar-refractivity contribution in [2.45, 2.75) is 115 Å². The topological polar surface area (TPSA) is 60.0 Å². The minimum Gasteiger partial charge on any atom is -0.411 e. The molecule has 2 heterocycles. The molecule has 0 aliphatic carbocycles. The van der Waals surface area contributed by atoms with Crippen LogP contribution < -0.4 is 9.80 Å². The Morgan fingerprint density at radius 1 is 1.00 bits per heavy atom. The first-order valence-electron chi connectivity index (χ1n) is 14.6. The maximum atomic E-state index is 16.0. The van der Waals surface area contributed by atoms with Crippen molar-refractivity contribution in [2.75, 3.05) is 49.6 Å². The fourth-order valence-corrected chi connectivity index (χ4v) is 6.90. The van der Waals surface area contributed by atoms with Crippen LogP contribution in [-0.4, -0.2) is 86.0 Å². The summed E-state index contributed by atoms with van der Waals surface area (Å²) in [5.74, 6) is 1.28. The standard InChI is InChI=1S/C28H57FN4O3Si3/c1-27(2,3)39(11,12)36-24-14-16-32(21-28(24,4)29)26-30-15-13-25(31-26)33(22-34-17-19-37(5,6)7)23-35-18-20-38(8,9)10/h13,15,24H,14,16-23H2,1-12H3/t24-,28+/m1/s1. The molecule has 0 aromatic carbocycles. The molecule has 1 aliphatic rings. The molecular weight excluding hydrogens is 544 g/mol. The van der Waals surface area contributed by atoms with Gasteiger partial charge in [-0.25, -0.2) is 9.37 Å². The van der Waals surface area contributed by atoms with Crippen LogP contribution in [0.1, 0.15) is 34.1 Å². The van der Waals surface area contributed by atoms with Crippen molar-refractivity contribution >= 4 is 36.2 Å². The summed E-state index contributed by atoms with van der Waals surface area (Å²) in [4.78, 5) is 13.3. The third-order valence-corrected chi connectivity index (χ3v) is 15.7. The van der Waals surface area contributed by atoms with Crippen molar-refractivity contribution in [3.05, 3.63) is 12.3 Å². The molecule has 2 rings (SSSR count). The Hall–Kier alpha value is -0.859. The highest BCUT2D eigenvalue weighted by Gasteiger charge is 2.47. The van der Waals surface area contributed by atoms with Gasteiger partial charge in [0, 0.05) is 42.1 Å². The molecule has 2 atom stereocenters. The van der Waals surface area contributed by atoms with Crippen LogP contribution in [0.2, 0.25) is 69.5 Å². The zero-order valence-electron chi connectivity index (χ0n) is 27.0. The van der Waals surface area contributed by atoms with Crippen LogP contribution in [0.4, 0.5) is 16.2 Å². The fourth-order valence-electron chi connectivity index (χ4n) is 3.96. The first-order chi connectivity index (χ1) is 17.7. The van der Waals surface area contributed by atoms with Gasteiger partial charge in [0.1, 0.15) is 24.9 Å². The van der Waals surface area contributed by atoms with Crippen molar-refractivity contribution in [3.8, 4) is 0 Å². The molecule has 7 nitrogen and oxygen atoms in total. The summed E-state index contributed by atoms with van der Waals surface area (Å²) in [5.41, 5.74) is -1.49. The minimum atomic E-state index is -2.08. The van der Waals surface area contributed by atoms with Crippen LogP contribution in [-0.2, 0) is 13.9 Å². The van der Waals surface area contributed by atoms with E-state index in [2.05, 4.69) is 78.1 Å². The van der Waals surface area contributed by atoms with Crippen molar-refractivity contribution in [3.63, 3.8) is 0 Å². The van der Waals surface area contributed by atoms with Gasteiger partial charge in [-0.05, 0) is 49.6 Å². The van der Waals surface area contributed by atoms with Crippen LogP contribution in [0, 0.1) is 0 Å². The highest BCUT2D eigenvalue weighted by Crippen LogP contribution is 2.41. The number of halogens is 1. The predicted molar refractivity (Wildman–Crippen MR) is 171 cm³/mol. The molecule has 0 spiro atoms. The van der Waals surface area contributed by atoms with E-state index in [1.807, 2.05) is 15.9 Å². The van der Waals surface area contributed by atoms with E-state index in [-0.39, 0.29) is 11.6 Å². The van der Waals surface area contributed by atoms with Gasteiger partial charge in [-0.1, -0.05) is 60.1 Å². The summed E-state index contributed by atoms with van der Waals surface area (Å²) >= 11 is 0. The maximum absolute atomic E-state index is 16.0. The smallest absolute Gasteiger partial charge is 0.227 e. The highest BCUT2D eigenvalue weighted by molar-refractivity contribution is 6.76. The molecule has 0 amide bonds. The van der Waals surface area contributed by atoms with Gasteiger partial charge in [0.2, 0.25) is 5.95 Å². The van der Waals surface area contributed by atoms with Gasteiger partial charge < -0.3 is 23.7 Å². The van der Waals surface area contributed by atoms with E-state index in [9.17, 15) is 0 Å². The van der Waals surface area contributed by atoms with Crippen LogP contribution in [0.5, 0.6) is 0 Å². The summed E-state index contributed by atoms with van der Waals surface area (Å²) in [7, 11) is -4.45. The summed E-state index contributed by atoms with van der Waals surface area (Å²) < 4.78 is 34.7. The quantitative estimate of drug-likeness (QED) is 0.127. The van der Waals surface area contributed by atoms with Crippen molar-refractivity contribution < 1.29 is 18.3 Å². The molecule has 1 fully saturated rings. The lowest BCUT2D eigenvalue weighted by Crippen LogP contribution is -2.58. The summed E-state index contributed by atoms with van der Waals surface area (Å²) in [6.07, 6.45) is 1.94. The normalized spacial score (nSPS) is 21.4. The lowest BCUT2D eigenvalue weighted by Gasteiger charge is -2.46. The Balaban J connectivity index is 2.12. The number of hydrogen-bond acceptors (Lipinski definition) is 7. The number of aromatic nitrogens is 2. The summed E-state index contributed by atoms with van der Waals surface area (Å²) in [5, 5.41) is 0.0371. The van der Waals surface area contributed by atoms with E-state index in [4.69, 9.17) is 18.9 Å². The van der Waals surface area contributed by atoms with Gasteiger partial charge in [-0.15, -0.1) is 0 Å². The Bertz CT molecular complexity index is 879. The van der Waals surface area contributed by atoms with E-state index < -0.39 is 36.2 Å². The van der Waals surface area contributed by atoms with Gasteiger partial charge in [0.15, 0.2) is 8.32 Å². The molecule has 1 aromatic heterocycles. The van der Waals surface area contributed by atoms with Gasteiger partial charge in [-0.2, -0.15) is 4.98 Å². The third kappa shape index (κ3) is 11.5. The van der Waals surface area contributed by atoms with Crippen LogP contribution >= 0.6 is 0 Å². The predicted octanol–water partition coefficient (Wildman–Crippen LogP) is 7.24. The Kier molecular flexibility index (Phi) is 11.8. The fraction of sp³-hybridized carbons (Fsp3) is 0.857. The summed E-state index contributed by atoms with van der Waals surface area (Å²) in [6, 6.07) is 4.09. The van der Waals surface area contributed by atoms with E-state index in [1.54, 1.807) is 13.1 Å². The number of piperidine rings is 1. The largest absolute Gasteiger partial charge is 0.411 e. The number of alkyl halides is 1. The maximum Gasteiger partial charge on any atom is 0.227 e. The van der Waals surface area contributed by atoms with Crippen LogP contribution in [0.3, 0.4) is 0 Å². The Morgan fingerprint density at radius 2 is 1.54 bits per heavy atom. The number of anilines is 2. The van der Waals surface area contributed by atoms with Gasteiger partial charge in [0.25, 0.3) is 0 Å². The molecule has 226 valence electrons. The molecule has 39 heavy (non-hydrogen) atoms.